The largest absolute Gasteiger partial charge is 0.298 e. The van der Waals surface area contributed by atoms with E-state index < -0.39 is 0 Å². The van der Waals surface area contributed by atoms with E-state index in [0.29, 0.717) is 0 Å². The zero-order valence-electron chi connectivity index (χ0n) is 14.7. The third-order valence-corrected chi connectivity index (χ3v) is 7.11. The van der Waals surface area contributed by atoms with E-state index in [-0.39, 0.29) is 5.91 Å². The number of hydrogen-bond donors (Lipinski definition) is 1. The second-order valence-corrected chi connectivity index (χ2v) is 9.16. The number of rotatable bonds is 4. The molecule has 1 amide bonds. The van der Waals surface area contributed by atoms with E-state index in [0.717, 1.165) is 41.7 Å². The Hall–Kier alpha value is -1.24. The summed E-state index contributed by atoms with van der Waals surface area (Å²) in [5, 5.41) is 7.85. The van der Waals surface area contributed by atoms with Crippen molar-refractivity contribution in [2.45, 2.75) is 52.0 Å². The molecule has 134 valence electrons. The second-order valence-electron chi connectivity index (χ2n) is 7.33. The van der Waals surface area contributed by atoms with E-state index in [2.05, 4.69) is 27.5 Å². The van der Waals surface area contributed by atoms with Crippen LogP contribution in [-0.4, -0.2) is 28.9 Å². The first-order valence-electron chi connectivity index (χ1n) is 9.26. The lowest BCUT2D eigenvalue weighted by molar-refractivity contribution is 0.102. The highest BCUT2D eigenvalue weighted by molar-refractivity contribution is 7.14. The molecule has 1 fully saturated rings. The predicted molar refractivity (Wildman–Crippen MR) is 105 cm³/mol. The standard InChI is InChI=1S/C19H25N3OS2/c1-13-5-6-15-16(12-24-17(15)9-13)18(23)21-19-20-14(11-25-19)10-22-7-3-2-4-8-22/h11-13H,2-10H2,1H3,(H,20,21,23). The summed E-state index contributed by atoms with van der Waals surface area (Å²) in [4.78, 5) is 21.2. The third kappa shape index (κ3) is 3.96. The molecule has 3 heterocycles. The molecule has 1 aliphatic heterocycles. The highest BCUT2D eigenvalue weighted by atomic mass is 32.1. The summed E-state index contributed by atoms with van der Waals surface area (Å²) in [6, 6.07) is 0. The molecule has 0 aromatic carbocycles. The molecule has 4 rings (SSSR count). The summed E-state index contributed by atoms with van der Waals surface area (Å²) in [7, 11) is 0. The van der Waals surface area contributed by atoms with Gasteiger partial charge in [-0.3, -0.25) is 15.0 Å². The van der Waals surface area contributed by atoms with E-state index in [9.17, 15) is 4.79 Å². The van der Waals surface area contributed by atoms with Gasteiger partial charge in [0.1, 0.15) is 0 Å². The van der Waals surface area contributed by atoms with Crippen LogP contribution < -0.4 is 5.32 Å². The number of thiophene rings is 1. The molecule has 25 heavy (non-hydrogen) atoms. The fraction of sp³-hybridized carbons (Fsp3) is 0.579. The number of anilines is 1. The molecule has 1 saturated heterocycles. The Morgan fingerprint density at radius 2 is 2.12 bits per heavy atom. The molecule has 6 heteroatoms. The van der Waals surface area contributed by atoms with Gasteiger partial charge in [0, 0.05) is 22.2 Å². The van der Waals surface area contributed by atoms with E-state index in [1.165, 1.54) is 60.6 Å². The van der Waals surface area contributed by atoms with Gasteiger partial charge < -0.3 is 0 Å². The van der Waals surface area contributed by atoms with E-state index in [1.807, 2.05) is 5.38 Å². The van der Waals surface area contributed by atoms with Gasteiger partial charge in [0.15, 0.2) is 5.13 Å². The summed E-state index contributed by atoms with van der Waals surface area (Å²) in [6.45, 7) is 5.53. The summed E-state index contributed by atoms with van der Waals surface area (Å²) in [6.07, 6.45) is 7.25. The van der Waals surface area contributed by atoms with Gasteiger partial charge in [-0.15, -0.1) is 22.7 Å². The van der Waals surface area contributed by atoms with Crippen molar-refractivity contribution in [2.24, 2.45) is 5.92 Å². The van der Waals surface area contributed by atoms with Gasteiger partial charge >= 0.3 is 0 Å². The predicted octanol–water partition coefficient (Wildman–Crippen LogP) is 4.57. The van der Waals surface area contributed by atoms with E-state index >= 15 is 0 Å². The monoisotopic (exact) mass is 375 g/mol. The molecule has 0 spiro atoms. The van der Waals surface area contributed by atoms with Gasteiger partial charge in [-0.2, -0.15) is 0 Å². The Balaban J connectivity index is 1.40. The van der Waals surface area contributed by atoms with Crippen LogP contribution >= 0.6 is 22.7 Å². The lowest BCUT2D eigenvalue weighted by Crippen LogP contribution is -2.29. The second kappa shape index (κ2) is 7.56. The van der Waals surface area contributed by atoms with Crippen molar-refractivity contribution in [3.05, 3.63) is 32.5 Å². The average molecular weight is 376 g/mol. The van der Waals surface area contributed by atoms with Crippen LogP contribution in [0.4, 0.5) is 5.13 Å². The van der Waals surface area contributed by atoms with Gasteiger partial charge in [0.05, 0.1) is 11.3 Å². The average Bonchev–Trinajstić information content (AvgIpc) is 3.22. The van der Waals surface area contributed by atoms with Crippen LogP contribution in [0.1, 0.15) is 59.1 Å². The van der Waals surface area contributed by atoms with Crippen molar-refractivity contribution in [1.82, 2.24) is 9.88 Å². The Morgan fingerprint density at radius 1 is 1.28 bits per heavy atom. The molecule has 2 aromatic heterocycles. The third-order valence-electron chi connectivity index (χ3n) is 5.25. The minimum Gasteiger partial charge on any atom is -0.298 e. The zero-order chi connectivity index (χ0) is 17.2. The number of thiazole rings is 1. The van der Waals surface area contributed by atoms with Crippen molar-refractivity contribution in [3.63, 3.8) is 0 Å². The summed E-state index contributed by atoms with van der Waals surface area (Å²) >= 11 is 3.27. The highest BCUT2D eigenvalue weighted by Crippen LogP contribution is 2.33. The topological polar surface area (TPSA) is 45.2 Å². The number of carbonyl (C=O) groups excluding carboxylic acids is 1. The molecular formula is C19H25N3OS2. The number of hydrogen-bond acceptors (Lipinski definition) is 5. The van der Waals surface area contributed by atoms with Crippen LogP contribution in [0.25, 0.3) is 0 Å². The molecule has 1 aliphatic carbocycles. The summed E-state index contributed by atoms with van der Waals surface area (Å²) < 4.78 is 0. The molecule has 4 nitrogen and oxygen atoms in total. The maximum Gasteiger partial charge on any atom is 0.258 e. The first-order valence-corrected chi connectivity index (χ1v) is 11.0. The van der Waals surface area contributed by atoms with Crippen LogP contribution in [0.15, 0.2) is 10.8 Å². The molecule has 0 saturated carbocycles. The summed E-state index contributed by atoms with van der Waals surface area (Å²) in [5.41, 5.74) is 3.20. The maximum atomic E-state index is 12.7. The van der Waals surface area contributed by atoms with Crippen LogP contribution in [0.3, 0.4) is 0 Å². The fourth-order valence-electron chi connectivity index (χ4n) is 3.82. The quantitative estimate of drug-likeness (QED) is 0.851. The van der Waals surface area contributed by atoms with Crippen LogP contribution in [0.5, 0.6) is 0 Å². The van der Waals surface area contributed by atoms with E-state index in [4.69, 9.17) is 0 Å². The van der Waals surface area contributed by atoms with Gasteiger partial charge in [0.2, 0.25) is 0 Å². The lowest BCUT2D eigenvalue weighted by atomic mass is 9.88. The molecule has 0 bridgehead atoms. The summed E-state index contributed by atoms with van der Waals surface area (Å²) in [5.74, 6) is 0.740. The number of carbonyl (C=O) groups is 1. The number of nitrogens with one attached hydrogen (secondary N) is 1. The lowest BCUT2D eigenvalue weighted by Gasteiger charge is -2.25. The first kappa shape index (κ1) is 17.2. The number of nitrogens with zero attached hydrogens (tertiary/aromatic N) is 2. The number of amides is 1. The first-order chi connectivity index (χ1) is 12.2. The van der Waals surface area contributed by atoms with Gasteiger partial charge in [-0.25, -0.2) is 4.98 Å². The van der Waals surface area contributed by atoms with Gasteiger partial charge in [-0.05, 0) is 56.7 Å². The molecule has 1 N–H and O–H groups in total. The number of fused-ring (bicyclic) bond motifs is 1. The van der Waals surface area contributed by atoms with Crippen molar-refractivity contribution in [3.8, 4) is 0 Å². The molecule has 1 unspecified atom stereocenters. The Morgan fingerprint density at radius 3 is 2.96 bits per heavy atom. The molecular weight excluding hydrogens is 350 g/mol. The maximum absolute atomic E-state index is 12.7. The van der Waals surface area contributed by atoms with Crippen molar-refractivity contribution in [2.75, 3.05) is 18.4 Å². The normalized spacial score (nSPS) is 21.1. The van der Waals surface area contributed by atoms with E-state index in [1.54, 1.807) is 11.3 Å². The smallest absolute Gasteiger partial charge is 0.258 e. The van der Waals surface area contributed by atoms with Crippen molar-refractivity contribution < 1.29 is 4.79 Å². The Bertz CT molecular complexity index is 746. The molecule has 0 radical (unpaired) electrons. The fourth-order valence-corrected chi connectivity index (χ4v) is 5.76. The van der Waals surface area contributed by atoms with Crippen LogP contribution in [0, 0.1) is 5.92 Å². The number of aromatic nitrogens is 1. The van der Waals surface area contributed by atoms with Gasteiger partial charge in [-0.1, -0.05) is 13.3 Å². The SMILES string of the molecule is CC1CCc2c(C(=O)Nc3nc(CN4CCCCC4)cs3)csc2C1. The van der Waals surface area contributed by atoms with Crippen LogP contribution in [0.2, 0.25) is 0 Å². The van der Waals surface area contributed by atoms with Crippen molar-refractivity contribution in [1.29, 1.82) is 0 Å². The van der Waals surface area contributed by atoms with Gasteiger partial charge in [0.25, 0.3) is 5.91 Å². The minimum atomic E-state index is 0.00549. The zero-order valence-corrected chi connectivity index (χ0v) is 16.3. The Labute approximate surface area is 157 Å². The number of piperidine rings is 1. The highest BCUT2D eigenvalue weighted by Gasteiger charge is 2.23. The molecule has 1 atom stereocenters. The Kier molecular flexibility index (Phi) is 5.20. The molecule has 2 aliphatic rings. The number of likely N-dealkylation sites (tertiary alicyclic amines) is 1. The van der Waals surface area contributed by atoms with Crippen molar-refractivity contribution >= 4 is 33.7 Å². The molecule has 2 aromatic rings. The van der Waals surface area contributed by atoms with Crippen LogP contribution in [-0.2, 0) is 19.4 Å². The minimum absolute atomic E-state index is 0.00549.